The number of nitrogens with zero attached hydrogens (tertiary/aromatic N) is 4. The van der Waals surface area contributed by atoms with Crippen molar-refractivity contribution in [3.05, 3.63) is 107 Å². The van der Waals surface area contributed by atoms with Crippen molar-refractivity contribution in [1.29, 1.82) is 0 Å². The largest absolute Gasteiger partial charge is 0.375 e. The van der Waals surface area contributed by atoms with Gasteiger partial charge in [0.2, 0.25) is 11.8 Å². The molecule has 0 saturated carbocycles. The number of hydrazine groups is 1. The van der Waals surface area contributed by atoms with E-state index in [0.29, 0.717) is 32.7 Å². The van der Waals surface area contributed by atoms with E-state index in [4.69, 9.17) is 11.2 Å². The maximum atomic E-state index is 14.0. The van der Waals surface area contributed by atoms with E-state index in [9.17, 15) is 14.4 Å². The molecular formula is C35H39N5O4. The van der Waals surface area contributed by atoms with Crippen LogP contribution in [0.3, 0.4) is 0 Å². The number of piperazine rings is 1. The van der Waals surface area contributed by atoms with E-state index in [-0.39, 0.29) is 37.5 Å². The van der Waals surface area contributed by atoms with Gasteiger partial charge >= 0.3 is 6.03 Å². The maximum absolute atomic E-state index is 14.0. The molecule has 1 N–H and O–H groups in total. The van der Waals surface area contributed by atoms with Gasteiger partial charge in [-0.05, 0) is 30.5 Å². The van der Waals surface area contributed by atoms with Gasteiger partial charge < -0.3 is 19.9 Å². The lowest BCUT2D eigenvalue weighted by Gasteiger charge is -2.54. The molecule has 5 rings (SSSR count). The number of urea groups is 1. The van der Waals surface area contributed by atoms with Gasteiger partial charge in [-0.2, -0.15) is 5.01 Å². The molecule has 9 nitrogen and oxygen atoms in total. The molecule has 0 radical (unpaired) electrons. The molecular weight excluding hydrogens is 554 g/mol. The number of carbonyl (C=O) groups is 3. The lowest BCUT2D eigenvalue weighted by molar-refractivity contribution is -0.189. The van der Waals surface area contributed by atoms with E-state index in [1.54, 1.807) is 14.8 Å². The highest BCUT2D eigenvalue weighted by Crippen LogP contribution is 2.28. The summed E-state index contributed by atoms with van der Waals surface area (Å²) in [6, 6.07) is 24.5. The number of amides is 4. The van der Waals surface area contributed by atoms with Crippen LogP contribution in [0.1, 0.15) is 27.8 Å². The molecule has 2 atom stereocenters. The Labute approximate surface area is 259 Å². The number of carbonyl (C=O) groups excluding carboxylic acids is 3. The minimum Gasteiger partial charge on any atom is -0.375 e. The highest BCUT2D eigenvalue weighted by atomic mass is 16.5. The standard InChI is InChI=1S/C35H39N5O4/c1-4-18-38-24-33(41)39-31(21-28-14-10-26(2)11-15-28)34(42)37(19-20-44-25-30-16-12-27(3)13-17-30)23-32(39)40(38)35(43)36-22-29-8-6-5-7-9-29/h1,5-17,31-32H,18-25H2,2-3H3,(H,36,43)/t31-,32?/m0/s1. The topological polar surface area (TPSA) is 85.4 Å². The van der Waals surface area contributed by atoms with Gasteiger partial charge in [-0.1, -0.05) is 95.9 Å². The Bertz CT molecular complexity index is 1490. The zero-order valence-corrected chi connectivity index (χ0v) is 25.3. The second kappa shape index (κ2) is 14.2. The predicted octanol–water partition coefficient (Wildman–Crippen LogP) is 3.50. The molecule has 0 spiro atoms. The van der Waals surface area contributed by atoms with Crippen LogP contribution in [0, 0.1) is 26.2 Å². The lowest BCUT2D eigenvalue weighted by Crippen LogP contribution is -2.76. The van der Waals surface area contributed by atoms with Crippen LogP contribution < -0.4 is 5.32 Å². The van der Waals surface area contributed by atoms with E-state index in [2.05, 4.69) is 11.2 Å². The van der Waals surface area contributed by atoms with Crippen molar-refractivity contribution < 1.29 is 19.1 Å². The summed E-state index contributed by atoms with van der Waals surface area (Å²) in [4.78, 5) is 44.8. The number of benzene rings is 3. The minimum atomic E-state index is -0.779. The zero-order valence-electron chi connectivity index (χ0n) is 25.3. The van der Waals surface area contributed by atoms with E-state index in [0.717, 1.165) is 22.3 Å². The Kier molecular flexibility index (Phi) is 9.95. The summed E-state index contributed by atoms with van der Waals surface area (Å²) >= 11 is 0. The van der Waals surface area contributed by atoms with Crippen molar-refractivity contribution in [2.75, 3.05) is 32.8 Å². The number of aryl methyl sites for hydroxylation is 2. The normalized spacial score (nSPS) is 18.6. The van der Waals surface area contributed by atoms with Crippen LogP contribution in [0.4, 0.5) is 4.79 Å². The molecule has 2 aliphatic rings. The summed E-state index contributed by atoms with van der Waals surface area (Å²) < 4.78 is 5.95. The quantitative estimate of drug-likeness (QED) is 0.287. The summed E-state index contributed by atoms with van der Waals surface area (Å²) in [5.41, 5.74) is 5.21. The van der Waals surface area contributed by atoms with Crippen LogP contribution in [-0.4, -0.2) is 82.7 Å². The molecule has 2 heterocycles. The first-order valence-corrected chi connectivity index (χ1v) is 14.9. The third-order valence-electron chi connectivity index (χ3n) is 8.04. The third-order valence-corrected chi connectivity index (χ3v) is 8.04. The Balaban J connectivity index is 1.39. The molecule has 44 heavy (non-hydrogen) atoms. The molecule has 9 heteroatoms. The average molecular weight is 594 g/mol. The molecule has 228 valence electrons. The molecule has 0 bridgehead atoms. The highest BCUT2D eigenvalue weighted by molar-refractivity contribution is 5.91. The minimum absolute atomic E-state index is 0.0745. The van der Waals surface area contributed by atoms with Gasteiger partial charge in [0, 0.05) is 19.5 Å². The number of terminal acetylenes is 1. The molecule has 4 amide bonds. The SMILES string of the molecule is C#CCN1CC(=O)N2C(CN(CCOCc3ccc(C)cc3)C(=O)[C@@H]2Cc2ccc(C)cc2)N1C(=O)NCc1ccccc1. The monoisotopic (exact) mass is 593 g/mol. The number of hydrogen-bond donors (Lipinski definition) is 1. The molecule has 2 saturated heterocycles. The molecule has 0 aromatic heterocycles. The molecule has 0 aliphatic carbocycles. The van der Waals surface area contributed by atoms with Crippen molar-refractivity contribution in [1.82, 2.24) is 25.1 Å². The van der Waals surface area contributed by atoms with Crippen LogP contribution in [0.2, 0.25) is 0 Å². The number of nitrogens with one attached hydrogen (secondary N) is 1. The summed E-state index contributed by atoms with van der Waals surface area (Å²) in [6.45, 7) is 5.52. The fourth-order valence-corrected chi connectivity index (χ4v) is 5.69. The fourth-order valence-electron chi connectivity index (χ4n) is 5.69. The van der Waals surface area contributed by atoms with Gasteiger partial charge in [-0.3, -0.25) is 9.59 Å². The number of hydrogen-bond acceptors (Lipinski definition) is 5. The van der Waals surface area contributed by atoms with E-state index in [1.165, 1.54) is 10.6 Å². The Morgan fingerprint density at radius 1 is 0.932 bits per heavy atom. The molecule has 3 aromatic rings. The van der Waals surface area contributed by atoms with Crippen molar-refractivity contribution in [2.45, 2.75) is 45.6 Å². The van der Waals surface area contributed by atoms with Gasteiger partial charge in [0.05, 0.1) is 32.8 Å². The Morgan fingerprint density at radius 2 is 1.59 bits per heavy atom. The molecule has 2 aliphatic heterocycles. The number of fused-ring (bicyclic) bond motifs is 1. The maximum Gasteiger partial charge on any atom is 0.334 e. The predicted molar refractivity (Wildman–Crippen MR) is 168 cm³/mol. The van der Waals surface area contributed by atoms with Crippen LogP contribution in [0.5, 0.6) is 0 Å². The van der Waals surface area contributed by atoms with Crippen molar-refractivity contribution in [2.24, 2.45) is 0 Å². The van der Waals surface area contributed by atoms with Crippen LogP contribution in [-0.2, 0) is 33.9 Å². The summed E-state index contributed by atoms with van der Waals surface area (Å²) in [7, 11) is 0. The number of ether oxygens (including phenoxy) is 1. The van der Waals surface area contributed by atoms with Crippen LogP contribution >= 0.6 is 0 Å². The zero-order chi connectivity index (χ0) is 31.1. The first kappa shape index (κ1) is 30.8. The van der Waals surface area contributed by atoms with Gasteiger partial charge in [0.15, 0.2) is 0 Å². The molecule has 1 unspecified atom stereocenters. The van der Waals surface area contributed by atoms with Gasteiger partial charge in [0.1, 0.15) is 12.2 Å². The summed E-state index contributed by atoms with van der Waals surface area (Å²) in [5.74, 6) is 2.18. The van der Waals surface area contributed by atoms with Gasteiger partial charge in [-0.25, -0.2) is 9.80 Å². The van der Waals surface area contributed by atoms with Crippen molar-refractivity contribution in [3.63, 3.8) is 0 Å². The first-order chi connectivity index (χ1) is 21.3. The smallest absolute Gasteiger partial charge is 0.334 e. The average Bonchev–Trinajstić information content (AvgIpc) is 3.02. The second-order valence-electron chi connectivity index (χ2n) is 11.3. The summed E-state index contributed by atoms with van der Waals surface area (Å²) in [6.07, 6.45) is 5.27. The lowest BCUT2D eigenvalue weighted by atomic mass is 9.98. The van der Waals surface area contributed by atoms with E-state index < -0.39 is 12.2 Å². The Morgan fingerprint density at radius 3 is 2.25 bits per heavy atom. The van der Waals surface area contributed by atoms with Crippen LogP contribution in [0.25, 0.3) is 0 Å². The first-order valence-electron chi connectivity index (χ1n) is 14.9. The van der Waals surface area contributed by atoms with Crippen molar-refractivity contribution >= 4 is 17.8 Å². The fraction of sp³-hybridized carbons (Fsp3) is 0.343. The van der Waals surface area contributed by atoms with Gasteiger partial charge in [0.25, 0.3) is 0 Å². The highest BCUT2D eigenvalue weighted by Gasteiger charge is 2.51. The Hall–Kier alpha value is -4.65. The second-order valence-corrected chi connectivity index (χ2v) is 11.3. The van der Waals surface area contributed by atoms with Crippen molar-refractivity contribution in [3.8, 4) is 12.3 Å². The number of rotatable bonds is 10. The van der Waals surface area contributed by atoms with E-state index >= 15 is 0 Å². The molecule has 2 fully saturated rings. The third kappa shape index (κ3) is 7.28. The summed E-state index contributed by atoms with van der Waals surface area (Å²) in [5, 5.41) is 6.11. The molecule has 3 aromatic carbocycles. The van der Waals surface area contributed by atoms with Gasteiger partial charge in [-0.15, -0.1) is 6.42 Å². The van der Waals surface area contributed by atoms with E-state index in [1.807, 2.05) is 92.7 Å². The van der Waals surface area contributed by atoms with Crippen LogP contribution in [0.15, 0.2) is 78.9 Å².